The molecule has 2 nitrogen and oxygen atoms in total. The first-order chi connectivity index (χ1) is 8.69. The second kappa shape index (κ2) is 8.53. The minimum absolute atomic E-state index is 0.0748. The van der Waals surface area contributed by atoms with Crippen molar-refractivity contribution in [2.75, 3.05) is 0 Å². The van der Waals surface area contributed by atoms with Crippen LogP contribution in [0.2, 0.25) is 0 Å². The lowest BCUT2D eigenvalue weighted by atomic mass is 10.1. The van der Waals surface area contributed by atoms with Crippen molar-refractivity contribution in [2.45, 2.75) is 55.7 Å². The van der Waals surface area contributed by atoms with Crippen LogP contribution in [0.3, 0.4) is 0 Å². The molecular weight excluding hydrogens is 292 g/mol. The van der Waals surface area contributed by atoms with Crippen molar-refractivity contribution >= 4 is 15.9 Å². The van der Waals surface area contributed by atoms with Crippen LogP contribution in [0.1, 0.15) is 32.6 Å². The first kappa shape index (κ1) is 15.5. The number of halogens is 1. The highest BCUT2D eigenvalue weighted by molar-refractivity contribution is 9.09. The molecule has 18 heavy (non-hydrogen) atoms. The number of terminal acetylenes is 1. The van der Waals surface area contributed by atoms with Gasteiger partial charge in [0, 0.05) is 11.2 Å². The van der Waals surface area contributed by atoms with E-state index in [1.165, 1.54) is 0 Å². The van der Waals surface area contributed by atoms with Gasteiger partial charge in [0.2, 0.25) is 0 Å². The van der Waals surface area contributed by atoms with E-state index in [9.17, 15) is 5.11 Å². The van der Waals surface area contributed by atoms with Gasteiger partial charge in [-0.25, -0.2) is 0 Å². The van der Waals surface area contributed by atoms with Gasteiger partial charge < -0.3 is 9.84 Å². The van der Waals surface area contributed by atoms with Gasteiger partial charge in [-0.15, -0.1) is 6.42 Å². The molecule has 100 valence electrons. The smallest absolute Gasteiger partial charge is 0.0873 e. The Labute approximate surface area is 118 Å². The van der Waals surface area contributed by atoms with E-state index in [1.807, 2.05) is 6.08 Å². The number of hydrogen-bond acceptors (Lipinski definition) is 2. The third-order valence-electron chi connectivity index (χ3n) is 3.00. The van der Waals surface area contributed by atoms with Crippen LogP contribution < -0.4 is 0 Å². The fourth-order valence-electron chi connectivity index (χ4n) is 2.02. The fraction of sp³-hybridized carbons (Fsp3) is 0.600. The molecule has 1 aliphatic heterocycles. The summed E-state index contributed by atoms with van der Waals surface area (Å²) >= 11 is 3.63. The third kappa shape index (κ3) is 4.97. The molecule has 1 aliphatic rings. The normalized spacial score (nSPS) is 30.0. The summed E-state index contributed by atoms with van der Waals surface area (Å²) in [5.41, 5.74) is 0. The van der Waals surface area contributed by atoms with Crippen molar-refractivity contribution in [2.24, 2.45) is 0 Å². The predicted octanol–water partition coefficient (Wildman–Crippen LogP) is 3.20. The van der Waals surface area contributed by atoms with E-state index in [-0.39, 0.29) is 17.0 Å². The Bertz CT molecular complexity index is 330. The summed E-state index contributed by atoms with van der Waals surface area (Å²) in [7, 11) is 0. The molecule has 4 unspecified atom stereocenters. The molecule has 1 fully saturated rings. The van der Waals surface area contributed by atoms with Crippen LogP contribution in [-0.2, 0) is 4.74 Å². The highest BCUT2D eigenvalue weighted by Gasteiger charge is 2.36. The van der Waals surface area contributed by atoms with Gasteiger partial charge >= 0.3 is 0 Å². The Hall–Kier alpha value is -0.560. The third-order valence-corrected chi connectivity index (χ3v) is 3.97. The number of aliphatic hydroxyl groups excluding tert-OH is 1. The van der Waals surface area contributed by atoms with Crippen molar-refractivity contribution in [1.82, 2.24) is 0 Å². The Morgan fingerprint density at radius 1 is 1.50 bits per heavy atom. The second-order valence-corrected chi connectivity index (χ2v) is 5.63. The lowest BCUT2D eigenvalue weighted by Gasteiger charge is -2.16. The summed E-state index contributed by atoms with van der Waals surface area (Å²) in [4.78, 5) is 0.261. The zero-order valence-electron chi connectivity index (χ0n) is 10.8. The highest BCUT2D eigenvalue weighted by atomic mass is 79.9. The van der Waals surface area contributed by atoms with E-state index in [0.717, 1.165) is 12.8 Å². The number of ether oxygens (including phenoxy) is 1. The molecule has 4 atom stereocenters. The van der Waals surface area contributed by atoms with E-state index in [2.05, 4.69) is 40.9 Å². The largest absolute Gasteiger partial charge is 0.390 e. The van der Waals surface area contributed by atoms with E-state index < -0.39 is 6.10 Å². The summed E-state index contributed by atoms with van der Waals surface area (Å²) in [6.45, 7) is 2.11. The van der Waals surface area contributed by atoms with Gasteiger partial charge in [0.05, 0.1) is 18.3 Å². The lowest BCUT2D eigenvalue weighted by Crippen LogP contribution is -2.21. The van der Waals surface area contributed by atoms with Gasteiger partial charge in [-0.05, 0) is 25.3 Å². The highest BCUT2D eigenvalue weighted by Crippen LogP contribution is 2.29. The fourth-order valence-corrected chi connectivity index (χ4v) is 2.58. The average molecular weight is 313 g/mol. The molecule has 1 rings (SSSR count). The van der Waals surface area contributed by atoms with Crippen LogP contribution in [0.15, 0.2) is 24.3 Å². The number of hydrogen-bond donors (Lipinski definition) is 1. The molecule has 0 aromatic carbocycles. The SMILES string of the molecule is C#CC=CCC1OC(C(Br)CC=CCC)CC1O. The van der Waals surface area contributed by atoms with Crippen LogP contribution in [0, 0.1) is 12.3 Å². The Balaban J connectivity index is 2.40. The van der Waals surface area contributed by atoms with Crippen molar-refractivity contribution in [3.63, 3.8) is 0 Å². The minimum Gasteiger partial charge on any atom is -0.390 e. The molecule has 0 saturated carbocycles. The topological polar surface area (TPSA) is 29.5 Å². The molecular formula is C15H21BrO2. The van der Waals surface area contributed by atoms with Crippen LogP contribution in [0.25, 0.3) is 0 Å². The molecule has 0 aromatic heterocycles. The molecule has 0 radical (unpaired) electrons. The molecule has 0 bridgehead atoms. The zero-order chi connectivity index (χ0) is 13.4. The maximum absolute atomic E-state index is 9.93. The standard InChI is InChI=1S/C15H21BrO2/c1-3-5-7-9-12(16)15-11-13(17)14(18-15)10-8-6-4-2/h2,5-8,12-15,17H,3,9-11H2,1H3. The molecule has 3 heteroatoms. The summed E-state index contributed by atoms with van der Waals surface area (Å²) < 4.78 is 5.86. The van der Waals surface area contributed by atoms with Crippen molar-refractivity contribution in [3.05, 3.63) is 24.3 Å². The molecule has 0 aromatic rings. The van der Waals surface area contributed by atoms with Gasteiger partial charge in [-0.2, -0.15) is 0 Å². The van der Waals surface area contributed by atoms with Gasteiger partial charge in [0.25, 0.3) is 0 Å². The molecule has 1 N–H and O–H groups in total. The molecule has 0 aliphatic carbocycles. The first-order valence-corrected chi connectivity index (χ1v) is 7.34. The second-order valence-electron chi connectivity index (χ2n) is 4.45. The van der Waals surface area contributed by atoms with Gasteiger partial charge in [0.15, 0.2) is 0 Å². The maximum atomic E-state index is 9.93. The van der Waals surface area contributed by atoms with E-state index >= 15 is 0 Å². The first-order valence-electron chi connectivity index (χ1n) is 6.42. The number of rotatable bonds is 6. The van der Waals surface area contributed by atoms with Gasteiger partial charge in [0.1, 0.15) is 0 Å². The van der Waals surface area contributed by atoms with Crippen molar-refractivity contribution in [1.29, 1.82) is 0 Å². The zero-order valence-corrected chi connectivity index (χ0v) is 12.3. The Morgan fingerprint density at radius 3 is 2.94 bits per heavy atom. The minimum atomic E-state index is -0.396. The average Bonchev–Trinajstić information content (AvgIpc) is 2.72. The lowest BCUT2D eigenvalue weighted by molar-refractivity contribution is 0.0128. The molecule has 1 saturated heterocycles. The number of allylic oxidation sites excluding steroid dienone is 3. The van der Waals surface area contributed by atoms with Crippen molar-refractivity contribution < 1.29 is 9.84 Å². The monoisotopic (exact) mass is 312 g/mol. The van der Waals surface area contributed by atoms with Gasteiger partial charge in [-0.1, -0.05) is 47.0 Å². The Kier molecular flexibility index (Phi) is 7.34. The van der Waals surface area contributed by atoms with Crippen molar-refractivity contribution in [3.8, 4) is 12.3 Å². The summed E-state index contributed by atoms with van der Waals surface area (Å²) in [6.07, 6.45) is 15.8. The van der Waals surface area contributed by atoms with E-state index in [0.29, 0.717) is 12.8 Å². The van der Waals surface area contributed by atoms with Crippen LogP contribution in [0.4, 0.5) is 0 Å². The summed E-state index contributed by atoms with van der Waals surface area (Å²) in [5.74, 6) is 2.44. The summed E-state index contributed by atoms with van der Waals surface area (Å²) in [5, 5.41) is 9.93. The van der Waals surface area contributed by atoms with Gasteiger partial charge in [-0.3, -0.25) is 0 Å². The number of aliphatic hydroxyl groups is 1. The maximum Gasteiger partial charge on any atom is 0.0873 e. The molecule has 1 heterocycles. The van der Waals surface area contributed by atoms with Crippen LogP contribution in [0.5, 0.6) is 0 Å². The Morgan fingerprint density at radius 2 is 2.28 bits per heavy atom. The van der Waals surface area contributed by atoms with Crippen LogP contribution in [-0.4, -0.2) is 28.2 Å². The van der Waals surface area contributed by atoms with E-state index in [1.54, 1.807) is 6.08 Å². The predicted molar refractivity (Wildman–Crippen MR) is 78.6 cm³/mol. The molecule has 0 amide bonds. The molecule has 0 spiro atoms. The number of alkyl halides is 1. The summed E-state index contributed by atoms with van der Waals surface area (Å²) in [6, 6.07) is 0. The quantitative estimate of drug-likeness (QED) is 0.463. The van der Waals surface area contributed by atoms with Crippen LogP contribution >= 0.6 is 15.9 Å². The van der Waals surface area contributed by atoms with E-state index in [4.69, 9.17) is 11.2 Å².